The maximum Gasteiger partial charge on any atom is 0.328 e. The highest BCUT2D eigenvalue weighted by Crippen LogP contribution is 2.25. The monoisotopic (exact) mass is 421 g/mol. The quantitative estimate of drug-likeness (QED) is 0.351. The lowest BCUT2D eigenvalue weighted by atomic mass is 10.1. The molecule has 1 aromatic rings. The Balaban J connectivity index is 2.11. The van der Waals surface area contributed by atoms with Crippen molar-refractivity contribution in [2.75, 3.05) is 12.8 Å². The first-order chi connectivity index (χ1) is 13.3. The summed E-state index contributed by atoms with van der Waals surface area (Å²) in [5.41, 5.74) is 1.50. The summed E-state index contributed by atoms with van der Waals surface area (Å²) in [5.74, 6) is 9.47. The zero-order chi connectivity index (χ0) is 22.0. The third kappa shape index (κ3) is 4.98. The molecule has 29 heavy (non-hydrogen) atoms. The van der Waals surface area contributed by atoms with Gasteiger partial charge in [-0.25, -0.2) is 18.7 Å². The molecule has 0 aliphatic carbocycles. The van der Waals surface area contributed by atoms with Crippen LogP contribution >= 0.6 is 0 Å². The Labute approximate surface area is 169 Å². The molecule has 0 aromatic carbocycles. The maximum atomic E-state index is 12.6. The maximum absolute atomic E-state index is 12.6. The number of fused-ring (bicyclic) bond motifs is 1. The summed E-state index contributed by atoms with van der Waals surface area (Å²) in [6, 6.07) is 1.35. The van der Waals surface area contributed by atoms with Crippen LogP contribution < -0.4 is 5.48 Å². The van der Waals surface area contributed by atoms with Gasteiger partial charge in [-0.05, 0) is 45.1 Å². The number of rotatable bonds is 5. The Kier molecular flexibility index (Phi) is 6.14. The predicted molar refractivity (Wildman–Crippen MR) is 104 cm³/mol. The average Bonchev–Trinajstić information content (AvgIpc) is 3.13. The van der Waals surface area contributed by atoms with Gasteiger partial charge in [0.25, 0.3) is 5.91 Å². The molecule has 2 rings (SSSR count). The van der Waals surface area contributed by atoms with Gasteiger partial charge in [0.1, 0.15) is 5.60 Å². The van der Waals surface area contributed by atoms with E-state index in [0.717, 1.165) is 6.26 Å². The van der Waals surface area contributed by atoms with Gasteiger partial charge < -0.3 is 10.0 Å². The van der Waals surface area contributed by atoms with Crippen molar-refractivity contribution in [3.8, 4) is 23.7 Å². The van der Waals surface area contributed by atoms with Crippen LogP contribution in [0.25, 0.3) is 0 Å². The first-order valence-electron chi connectivity index (χ1n) is 8.69. The summed E-state index contributed by atoms with van der Waals surface area (Å²) in [7, 11) is -3.83. The van der Waals surface area contributed by atoms with Crippen LogP contribution in [-0.4, -0.2) is 63.3 Å². The van der Waals surface area contributed by atoms with Crippen LogP contribution in [0.1, 0.15) is 38.4 Å². The molecule has 156 valence electrons. The lowest BCUT2D eigenvalue weighted by Crippen LogP contribution is -2.50. The Hall–Kier alpha value is -2.79. The third-order valence-electron chi connectivity index (χ3n) is 4.63. The highest BCUT2D eigenvalue weighted by molar-refractivity contribution is 7.92. The van der Waals surface area contributed by atoms with E-state index in [-0.39, 0.29) is 25.5 Å². The molecule has 9 nitrogen and oxygen atoms in total. The fourth-order valence-corrected chi connectivity index (χ4v) is 3.53. The first kappa shape index (κ1) is 22.5. The fourth-order valence-electron chi connectivity index (χ4n) is 2.69. The Morgan fingerprint density at radius 3 is 2.48 bits per heavy atom. The molecule has 1 aliphatic rings. The third-order valence-corrected chi connectivity index (χ3v) is 6.65. The van der Waals surface area contributed by atoms with Gasteiger partial charge in [-0.3, -0.25) is 14.6 Å². The van der Waals surface area contributed by atoms with E-state index in [1.807, 2.05) is 0 Å². The number of sulfone groups is 1. The van der Waals surface area contributed by atoms with Gasteiger partial charge in [-0.15, -0.1) is 0 Å². The molecule has 3 N–H and O–H groups in total. The zero-order valence-corrected chi connectivity index (χ0v) is 17.4. The summed E-state index contributed by atoms with van der Waals surface area (Å²) >= 11 is 0. The number of aromatic nitrogens is 1. The van der Waals surface area contributed by atoms with E-state index in [1.54, 1.807) is 26.1 Å². The molecule has 0 radical (unpaired) electrons. The Morgan fingerprint density at radius 2 is 1.97 bits per heavy atom. The molecule has 0 saturated heterocycles. The second kappa shape index (κ2) is 7.91. The molecular weight excluding hydrogens is 398 g/mol. The molecule has 0 unspecified atom stereocenters. The van der Waals surface area contributed by atoms with Crippen molar-refractivity contribution in [3.05, 3.63) is 23.5 Å². The van der Waals surface area contributed by atoms with Crippen LogP contribution in [0, 0.1) is 23.7 Å². The molecule has 0 spiro atoms. The number of hydrogen-bond donors (Lipinski definition) is 3. The normalized spacial score (nSPS) is 15.5. The summed E-state index contributed by atoms with van der Waals surface area (Å²) in [4.78, 5) is 25.8. The number of hydrogen-bond acceptors (Lipinski definition) is 6. The van der Waals surface area contributed by atoms with E-state index < -0.39 is 26.1 Å². The van der Waals surface area contributed by atoms with Crippen molar-refractivity contribution < 1.29 is 28.3 Å². The predicted octanol–water partition coefficient (Wildman–Crippen LogP) is 0.0964. The van der Waals surface area contributed by atoms with Crippen LogP contribution in [0.2, 0.25) is 0 Å². The fraction of sp³-hybridized carbons (Fsp3) is 0.474. The molecule has 1 aromatic heterocycles. The minimum absolute atomic E-state index is 0.00950. The van der Waals surface area contributed by atoms with E-state index in [4.69, 9.17) is 5.21 Å². The molecule has 0 fully saturated rings. The lowest BCUT2D eigenvalue weighted by molar-refractivity contribution is -0.131. The van der Waals surface area contributed by atoms with E-state index >= 15 is 0 Å². The smallest absolute Gasteiger partial charge is 0.328 e. The molecule has 0 bridgehead atoms. The second-order valence-corrected chi connectivity index (χ2v) is 9.99. The van der Waals surface area contributed by atoms with Crippen LogP contribution in [0.3, 0.4) is 0 Å². The molecule has 2 amide bonds. The largest absolute Gasteiger partial charge is 0.378 e. The van der Waals surface area contributed by atoms with Crippen LogP contribution in [0.15, 0.2) is 12.3 Å². The van der Waals surface area contributed by atoms with Crippen LogP contribution in [0.5, 0.6) is 0 Å². The van der Waals surface area contributed by atoms with Crippen molar-refractivity contribution >= 4 is 21.8 Å². The van der Waals surface area contributed by atoms with E-state index in [2.05, 4.69) is 23.7 Å². The van der Waals surface area contributed by atoms with E-state index in [1.165, 1.54) is 21.9 Å². The Bertz CT molecular complexity index is 1060. The molecule has 0 saturated carbocycles. The standard InChI is InChI=1S/C19H23N3O6S/c1-18(2,25)8-6-5-7-14-11-15-13-21(17(24)22(15)12-14)10-9-19(3,16(23)20-26)29(4,27)28/h11-12,25-26H,9-10,13H2,1-4H3,(H,20,23)/t19-/m1/s1. The topological polar surface area (TPSA) is 129 Å². The summed E-state index contributed by atoms with van der Waals surface area (Å²) in [6.07, 6.45) is 2.28. The van der Waals surface area contributed by atoms with Gasteiger partial charge >= 0.3 is 6.03 Å². The number of nitrogens with zero attached hydrogens (tertiary/aromatic N) is 2. The first-order valence-corrected chi connectivity index (χ1v) is 10.6. The summed E-state index contributed by atoms with van der Waals surface area (Å²) in [6.45, 7) is 4.53. The number of aliphatic hydroxyl groups is 1. The molecule has 1 aliphatic heterocycles. The van der Waals surface area contributed by atoms with Gasteiger partial charge in [0.2, 0.25) is 0 Å². The summed E-state index contributed by atoms with van der Waals surface area (Å²) in [5, 5.41) is 18.4. The van der Waals surface area contributed by atoms with Crippen molar-refractivity contribution in [1.29, 1.82) is 0 Å². The van der Waals surface area contributed by atoms with Gasteiger partial charge in [-0.1, -0.05) is 11.8 Å². The number of carbonyl (C=O) groups excluding carboxylic acids is 2. The molecule has 2 heterocycles. The minimum atomic E-state index is -3.83. The highest BCUT2D eigenvalue weighted by Gasteiger charge is 2.44. The Morgan fingerprint density at radius 1 is 1.31 bits per heavy atom. The van der Waals surface area contributed by atoms with Crippen molar-refractivity contribution in [2.45, 2.75) is 44.1 Å². The van der Waals surface area contributed by atoms with Gasteiger partial charge in [0.15, 0.2) is 14.6 Å². The van der Waals surface area contributed by atoms with Crippen LogP contribution in [0.4, 0.5) is 4.79 Å². The lowest BCUT2D eigenvalue weighted by Gasteiger charge is -2.27. The van der Waals surface area contributed by atoms with Crippen molar-refractivity contribution in [3.63, 3.8) is 0 Å². The number of hydroxylamine groups is 1. The minimum Gasteiger partial charge on any atom is -0.378 e. The molecular formula is C19H23N3O6S. The van der Waals surface area contributed by atoms with E-state index in [9.17, 15) is 23.1 Å². The number of nitrogens with one attached hydrogen (secondary N) is 1. The summed E-state index contributed by atoms with van der Waals surface area (Å²) < 4.78 is 23.6. The van der Waals surface area contributed by atoms with E-state index in [0.29, 0.717) is 11.3 Å². The highest BCUT2D eigenvalue weighted by atomic mass is 32.2. The SMILES string of the molecule is CC(C)(O)C#CC#Cc1cc2n(c1)C(=O)N(CC[C@](C)(C(=O)NO)S(C)(=O)=O)C2. The van der Waals surface area contributed by atoms with Gasteiger partial charge in [0, 0.05) is 30.3 Å². The van der Waals surface area contributed by atoms with Gasteiger partial charge in [-0.2, -0.15) is 0 Å². The molecule has 1 atom stereocenters. The average molecular weight is 421 g/mol. The van der Waals surface area contributed by atoms with Crippen LogP contribution in [-0.2, 0) is 21.2 Å². The molecule has 10 heteroatoms. The number of carbonyl (C=O) groups is 2. The second-order valence-electron chi connectivity index (χ2n) is 7.55. The zero-order valence-electron chi connectivity index (χ0n) is 16.6. The number of amides is 2. The van der Waals surface area contributed by atoms with Crippen molar-refractivity contribution in [1.82, 2.24) is 14.9 Å². The van der Waals surface area contributed by atoms with Crippen molar-refractivity contribution in [2.24, 2.45) is 0 Å². The van der Waals surface area contributed by atoms with Gasteiger partial charge in [0.05, 0.1) is 6.54 Å².